The van der Waals surface area contributed by atoms with E-state index in [1.165, 1.54) is 6.26 Å². The molecule has 0 spiro atoms. The van der Waals surface area contributed by atoms with E-state index in [0.717, 1.165) is 34.5 Å². The topological polar surface area (TPSA) is 72.3 Å². The molecule has 0 fully saturated rings. The van der Waals surface area contributed by atoms with E-state index in [2.05, 4.69) is 29.2 Å². The minimum Gasteiger partial charge on any atom is -0.294 e. The van der Waals surface area contributed by atoms with Gasteiger partial charge in [0, 0.05) is 32.3 Å². The molecule has 0 radical (unpaired) electrons. The molecular formula is C29H29N3O3S. The van der Waals surface area contributed by atoms with Crippen LogP contribution < -0.4 is 5.56 Å². The predicted octanol–water partition coefficient (Wildman–Crippen LogP) is 4.15. The summed E-state index contributed by atoms with van der Waals surface area (Å²) >= 11 is 0. The number of sulfone groups is 1. The second kappa shape index (κ2) is 9.84. The van der Waals surface area contributed by atoms with Crippen LogP contribution in [0.15, 0.2) is 94.6 Å². The summed E-state index contributed by atoms with van der Waals surface area (Å²) in [6.45, 7) is 3.84. The van der Waals surface area contributed by atoms with Crippen molar-refractivity contribution in [2.45, 2.75) is 37.4 Å². The SMILES string of the molecule is Cc1nc2c(c(=O)n1C(c1ccccc1)c1ccccc1)CN(Cc1ccc(S(C)(=O)=O)cc1)CC2. The van der Waals surface area contributed by atoms with Crippen molar-refractivity contribution in [3.63, 3.8) is 0 Å². The molecule has 0 N–H and O–H groups in total. The smallest absolute Gasteiger partial charge is 0.259 e. The Morgan fingerprint density at radius 2 is 1.47 bits per heavy atom. The normalized spacial score (nSPS) is 14.1. The molecule has 1 aliphatic heterocycles. The van der Waals surface area contributed by atoms with Gasteiger partial charge in [-0.05, 0) is 35.7 Å². The average molecular weight is 500 g/mol. The molecular weight excluding hydrogens is 470 g/mol. The summed E-state index contributed by atoms with van der Waals surface area (Å²) in [5.74, 6) is 0.710. The molecule has 0 saturated carbocycles. The molecule has 0 atom stereocenters. The molecule has 0 unspecified atom stereocenters. The summed E-state index contributed by atoms with van der Waals surface area (Å²) in [5.41, 5.74) is 4.68. The van der Waals surface area contributed by atoms with Crippen LogP contribution in [0.4, 0.5) is 0 Å². The van der Waals surface area contributed by atoms with Gasteiger partial charge in [0.2, 0.25) is 0 Å². The van der Waals surface area contributed by atoms with Crippen LogP contribution in [-0.4, -0.2) is 35.7 Å². The lowest BCUT2D eigenvalue weighted by Crippen LogP contribution is -2.40. The van der Waals surface area contributed by atoms with Crippen molar-refractivity contribution < 1.29 is 8.42 Å². The summed E-state index contributed by atoms with van der Waals surface area (Å²) in [4.78, 5) is 21.4. The molecule has 3 aromatic carbocycles. The second-order valence-electron chi connectivity index (χ2n) is 9.36. The zero-order valence-electron chi connectivity index (χ0n) is 20.5. The van der Waals surface area contributed by atoms with Crippen molar-refractivity contribution in [2.24, 2.45) is 0 Å². The van der Waals surface area contributed by atoms with Crippen molar-refractivity contribution in [3.8, 4) is 0 Å². The van der Waals surface area contributed by atoms with Gasteiger partial charge in [0.1, 0.15) is 5.82 Å². The Morgan fingerprint density at radius 3 is 2.03 bits per heavy atom. The maximum Gasteiger partial charge on any atom is 0.259 e. The fourth-order valence-corrected chi connectivity index (χ4v) is 5.60. The van der Waals surface area contributed by atoms with Gasteiger partial charge in [-0.15, -0.1) is 0 Å². The molecule has 2 heterocycles. The number of fused-ring (bicyclic) bond motifs is 1. The maximum absolute atomic E-state index is 14.0. The molecule has 1 aromatic heterocycles. The van der Waals surface area contributed by atoms with Crippen LogP contribution in [0.1, 0.15) is 39.8 Å². The first-order valence-electron chi connectivity index (χ1n) is 12.0. The van der Waals surface area contributed by atoms with Crippen LogP contribution in [0.3, 0.4) is 0 Å². The quantitative estimate of drug-likeness (QED) is 0.399. The van der Waals surface area contributed by atoms with Crippen LogP contribution in [0, 0.1) is 6.92 Å². The van der Waals surface area contributed by atoms with E-state index >= 15 is 0 Å². The van der Waals surface area contributed by atoms with E-state index in [4.69, 9.17) is 4.98 Å². The van der Waals surface area contributed by atoms with Gasteiger partial charge in [0.15, 0.2) is 9.84 Å². The van der Waals surface area contributed by atoms with Crippen molar-refractivity contribution >= 4 is 9.84 Å². The average Bonchev–Trinajstić information content (AvgIpc) is 2.88. The second-order valence-corrected chi connectivity index (χ2v) is 11.4. The van der Waals surface area contributed by atoms with Gasteiger partial charge in [-0.25, -0.2) is 13.4 Å². The third-order valence-corrected chi connectivity index (χ3v) is 7.89. The van der Waals surface area contributed by atoms with Crippen molar-refractivity contribution in [1.29, 1.82) is 0 Å². The molecule has 0 bridgehead atoms. The number of benzene rings is 3. The maximum atomic E-state index is 14.0. The van der Waals surface area contributed by atoms with Gasteiger partial charge in [0.25, 0.3) is 5.56 Å². The van der Waals surface area contributed by atoms with Crippen molar-refractivity contribution in [2.75, 3.05) is 12.8 Å². The number of aromatic nitrogens is 2. The van der Waals surface area contributed by atoms with Crippen LogP contribution in [0.2, 0.25) is 0 Å². The lowest BCUT2D eigenvalue weighted by Gasteiger charge is -2.30. The van der Waals surface area contributed by atoms with Crippen LogP contribution in [-0.2, 0) is 29.3 Å². The van der Waals surface area contributed by atoms with E-state index in [1.807, 2.05) is 60.0 Å². The lowest BCUT2D eigenvalue weighted by atomic mass is 9.97. The van der Waals surface area contributed by atoms with Gasteiger partial charge in [-0.3, -0.25) is 14.3 Å². The highest BCUT2D eigenvalue weighted by molar-refractivity contribution is 7.90. The summed E-state index contributed by atoms with van der Waals surface area (Å²) in [7, 11) is -3.23. The highest BCUT2D eigenvalue weighted by Gasteiger charge is 2.27. The highest BCUT2D eigenvalue weighted by atomic mass is 32.2. The molecule has 7 heteroatoms. The Labute approximate surface area is 211 Å². The Kier molecular flexibility index (Phi) is 6.60. The van der Waals surface area contributed by atoms with Gasteiger partial charge in [-0.2, -0.15) is 0 Å². The van der Waals surface area contributed by atoms with Gasteiger partial charge >= 0.3 is 0 Å². The molecule has 6 nitrogen and oxygen atoms in total. The number of rotatable bonds is 6. The van der Waals surface area contributed by atoms with Crippen LogP contribution in [0.25, 0.3) is 0 Å². The lowest BCUT2D eigenvalue weighted by molar-refractivity contribution is 0.240. The standard InChI is InChI=1S/C29H29N3O3S/c1-21-30-27-17-18-31(19-22-13-15-25(16-14-22)36(2,34)35)20-26(27)29(33)32(21)28(23-9-5-3-6-10-23)24-11-7-4-8-12-24/h3-16,28H,17-20H2,1-2H3. The molecule has 184 valence electrons. The number of nitrogens with zero attached hydrogens (tertiary/aromatic N) is 3. The van der Waals surface area contributed by atoms with Crippen LogP contribution >= 0.6 is 0 Å². The van der Waals surface area contributed by atoms with E-state index in [0.29, 0.717) is 30.2 Å². The highest BCUT2D eigenvalue weighted by Crippen LogP contribution is 2.27. The third-order valence-electron chi connectivity index (χ3n) is 6.76. The van der Waals surface area contributed by atoms with E-state index in [1.54, 1.807) is 12.1 Å². The summed E-state index contributed by atoms with van der Waals surface area (Å²) in [6.07, 6.45) is 1.91. The molecule has 1 aliphatic rings. The predicted molar refractivity (Wildman–Crippen MR) is 141 cm³/mol. The molecule has 0 aliphatic carbocycles. The summed E-state index contributed by atoms with van der Waals surface area (Å²) in [5, 5.41) is 0. The molecule has 0 saturated heterocycles. The third kappa shape index (κ3) is 4.90. The van der Waals surface area contributed by atoms with E-state index in [-0.39, 0.29) is 11.6 Å². The Hall–Kier alpha value is -3.55. The van der Waals surface area contributed by atoms with Crippen molar-refractivity contribution in [1.82, 2.24) is 14.5 Å². The Bertz CT molecular complexity index is 1490. The minimum absolute atomic E-state index is 0.00710. The minimum atomic E-state index is -3.23. The van der Waals surface area contributed by atoms with Gasteiger partial charge in [0.05, 0.1) is 22.2 Å². The fraction of sp³-hybridized carbons (Fsp3) is 0.241. The van der Waals surface area contributed by atoms with Crippen LogP contribution in [0.5, 0.6) is 0 Å². The first-order valence-corrected chi connectivity index (χ1v) is 13.9. The number of hydrogen-bond acceptors (Lipinski definition) is 5. The van der Waals surface area contributed by atoms with E-state index < -0.39 is 9.84 Å². The zero-order chi connectivity index (χ0) is 25.3. The first kappa shape index (κ1) is 24.2. The summed E-state index contributed by atoms with van der Waals surface area (Å²) < 4.78 is 25.4. The molecule has 36 heavy (non-hydrogen) atoms. The zero-order valence-corrected chi connectivity index (χ0v) is 21.3. The Balaban J connectivity index is 1.50. The Morgan fingerprint density at radius 1 is 0.889 bits per heavy atom. The number of hydrogen-bond donors (Lipinski definition) is 0. The first-order chi connectivity index (χ1) is 17.3. The van der Waals surface area contributed by atoms with Gasteiger partial charge < -0.3 is 0 Å². The monoisotopic (exact) mass is 499 g/mol. The molecule has 0 amide bonds. The van der Waals surface area contributed by atoms with Gasteiger partial charge in [-0.1, -0.05) is 72.8 Å². The van der Waals surface area contributed by atoms with E-state index in [9.17, 15) is 13.2 Å². The summed E-state index contributed by atoms with van der Waals surface area (Å²) in [6, 6.07) is 26.9. The number of aryl methyl sites for hydroxylation is 1. The van der Waals surface area contributed by atoms with Crippen molar-refractivity contribution in [3.05, 3.63) is 129 Å². The largest absolute Gasteiger partial charge is 0.294 e. The fourth-order valence-electron chi connectivity index (χ4n) is 4.97. The molecule has 5 rings (SSSR count). The molecule has 4 aromatic rings.